The van der Waals surface area contributed by atoms with Gasteiger partial charge in [-0.15, -0.1) is 23.2 Å². The quantitative estimate of drug-likeness (QED) is 0.176. The number of anilines is 2. The molecule has 0 radical (unpaired) electrons. The van der Waals surface area contributed by atoms with Crippen LogP contribution in [0.15, 0.2) is 66.0 Å². The summed E-state index contributed by atoms with van der Waals surface area (Å²) >= 11 is 16.8. The van der Waals surface area contributed by atoms with Crippen LogP contribution in [0.3, 0.4) is 0 Å². The van der Waals surface area contributed by atoms with E-state index in [-0.39, 0.29) is 5.38 Å². The van der Waals surface area contributed by atoms with Crippen molar-refractivity contribution in [2.75, 3.05) is 22.9 Å². The Bertz CT molecular complexity index is 1700. The van der Waals surface area contributed by atoms with Crippen LogP contribution in [-0.2, 0) is 6.42 Å². The highest BCUT2D eigenvalue weighted by atomic mass is 35.5. The van der Waals surface area contributed by atoms with Crippen molar-refractivity contribution in [3.05, 3.63) is 105 Å². The standard InChI is InChI=1S/C45H59Cl2N2P/c1-30-25-32(3)42(33(4)26-30)48-23-24-49(43-34(5)27-31(2)28-35(43)6)44(48)41-40(46)21-22-45(41,47)50(38-17-11-12-18-38,39-19-13-14-20-39)36(7)29-37-15-9-8-10-16-37/h8-10,15-16,25-28,38-40H,11-14,17-24,29H2,1-7H3. The molecule has 5 heteroatoms. The number of alkyl halides is 2. The molecular weight excluding hydrogens is 670 g/mol. The smallest absolute Gasteiger partial charge is 0.116 e. The minimum atomic E-state index is -1.97. The molecule has 1 aliphatic heterocycles. The van der Waals surface area contributed by atoms with Gasteiger partial charge < -0.3 is 9.80 Å². The molecule has 2 unspecified atom stereocenters. The Balaban J connectivity index is 1.57. The summed E-state index contributed by atoms with van der Waals surface area (Å²) in [5, 5.41) is 1.62. The molecule has 0 amide bonds. The first-order chi connectivity index (χ1) is 24.0. The highest BCUT2D eigenvalue weighted by molar-refractivity contribution is 7.80. The topological polar surface area (TPSA) is 6.48 Å². The van der Waals surface area contributed by atoms with Crippen molar-refractivity contribution in [1.29, 1.82) is 0 Å². The van der Waals surface area contributed by atoms with Gasteiger partial charge in [-0.05, 0) is 133 Å². The monoisotopic (exact) mass is 728 g/mol. The first-order valence-electron chi connectivity index (χ1n) is 19.5. The molecule has 1 saturated heterocycles. The fourth-order valence-corrected chi connectivity index (χ4v) is 21.1. The number of benzene rings is 3. The highest BCUT2D eigenvalue weighted by Gasteiger charge is 2.60. The van der Waals surface area contributed by atoms with E-state index >= 15 is 0 Å². The molecule has 3 saturated carbocycles. The van der Waals surface area contributed by atoms with Crippen molar-refractivity contribution < 1.29 is 0 Å². The molecule has 7 rings (SSSR count). The van der Waals surface area contributed by atoms with Crippen LogP contribution in [0.25, 0.3) is 0 Å². The molecule has 3 aliphatic carbocycles. The minimum Gasteiger partial charge on any atom is -0.325 e. The van der Waals surface area contributed by atoms with Crippen molar-refractivity contribution in [2.24, 2.45) is 0 Å². The molecule has 3 aromatic carbocycles. The van der Waals surface area contributed by atoms with Gasteiger partial charge in [0.25, 0.3) is 0 Å². The molecule has 4 aliphatic rings. The molecule has 0 spiro atoms. The van der Waals surface area contributed by atoms with Crippen molar-refractivity contribution in [2.45, 2.75) is 140 Å². The summed E-state index contributed by atoms with van der Waals surface area (Å²) in [6, 6.07) is 20.7. The second-order valence-electron chi connectivity index (χ2n) is 16.4. The minimum absolute atomic E-state index is 0.0885. The lowest BCUT2D eigenvalue weighted by molar-refractivity contribution is 0.764. The van der Waals surface area contributed by atoms with Gasteiger partial charge in [-0.2, -0.15) is 0 Å². The maximum atomic E-state index is 8.90. The lowest BCUT2D eigenvalue weighted by Gasteiger charge is -2.52. The van der Waals surface area contributed by atoms with Gasteiger partial charge in [0.1, 0.15) is 5.82 Å². The van der Waals surface area contributed by atoms with Crippen molar-refractivity contribution >= 4 is 46.8 Å². The van der Waals surface area contributed by atoms with Crippen LogP contribution in [0.2, 0.25) is 0 Å². The van der Waals surface area contributed by atoms with E-state index in [1.54, 1.807) is 5.29 Å². The molecule has 2 nitrogen and oxygen atoms in total. The number of allylic oxidation sites excluding steroid dienone is 1. The Morgan fingerprint density at radius 2 is 1.14 bits per heavy atom. The lowest BCUT2D eigenvalue weighted by Crippen LogP contribution is -2.40. The number of aryl methyl sites for hydroxylation is 6. The summed E-state index contributed by atoms with van der Waals surface area (Å²) in [4.78, 5) is 5.33. The van der Waals surface area contributed by atoms with E-state index in [0.717, 1.165) is 32.4 Å². The third-order valence-corrected chi connectivity index (χ3v) is 21.0. The Morgan fingerprint density at radius 3 is 1.58 bits per heavy atom. The van der Waals surface area contributed by atoms with E-state index in [2.05, 4.69) is 113 Å². The zero-order valence-electron chi connectivity index (χ0n) is 31.7. The van der Waals surface area contributed by atoms with Gasteiger partial charge in [-0.25, -0.2) is 0 Å². The van der Waals surface area contributed by atoms with Crippen molar-refractivity contribution in [3.8, 4) is 0 Å². The van der Waals surface area contributed by atoms with Crippen LogP contribution < -0.4 is 9.80 Å². The summed E-state index contributed by atoms with van der Waals surface area (Å²) in [5.41, 5.74) is 14.8. The van der Waals surface area contributed by atoms with E-state index < -0.39 is 11.5 Å². The van der Waals surface area contributed by atoms with Gasteiger partial charge in [-0.1, -0.05) is 104 Å². The van der Waals surface area contributed by atoms with E-state index in [9.17, 15) is 0 Å². The number of hydrogen-bond acceptors (Lipinski definition) is 2. The molecule has 3 aromatic rings. The number of rotatable bonds is 7. The fourth-order valence-electron chi connectivity index (χ4n) is 11.5. The summed E-state index contributed by atoms with van der Waals surface area (Å²) in [7, 11) is 0. The van der Waals surface area contributed by atoms with Crippen LogP contribution in [0.5, 0.6) is 0 Å². The van der Waals surface area contributed by atoms with Crippen LogP contribution in [-0.4, -0.2) is 39.7 Å². The predicted octanol–water partition coefficient (Wildman–Crippen LogP) is 12.7. The van der Waals surface area contributed by atoms with Crippen LogP contribution in [0.1, 0.15) is 110 Å². The second-order valence-corrected chi connectivity index (χ2v) is 22.3. The first-order valence-corrected chi connectivity index (χ1v) is 22.2. The van der Waals surface area contributed by atoms with Crippen LogP contribution in [0.4, 0.5) is 11.4 Å². The molecule has 0 N–H and O–H groups in total. The van der Waals surface area contributed by atoms with Gasteiger partial charge in [-0.3, -0.25) is 0 Å². The Hall–Kier alpha value is -2.12. The van der Waals surface area contributed by atoms with E-state index in [1.165, 1.54) is 113 Å². The van der Waals surface area contributed by atoms with E-state index in [4.69, 9.17) is 23.2 Å². The molecule has 268 valence electrons. The summed E-state index contributed by atoms with van der Waals surface area (Å²) in [6.07, 6.45) is 13.6. The Morgan fingerprint density at radius 1 is 0.700 bits per heavy atom. The van der Waals surface area contributed by atoms with Crippen molar-refractivity contribution in [1.82, 2.24) is 0 Å². The Kier molecular flexibility index (Phi) is 10.4. The van der Waals surface area contributed by atoms with E-state index in [0.29, 0.717) is 11.3 Å². The zero-order chi connectivity index (χ0) is 35.4. The molecule has 2 atom stereocenters. The number of halogens is 2. The third kappa shape index (κ3) is 6.02. The number of hydrogen-bond donors (Lipinski definition) is 0. The average Bonchev–Trinajstić information content (AvgIpc) is 3.88. The maximum Gasteiger partial charge on any atom is 0.116 e. The van der Waals surface area contributed by atoms with Crippen LogP contribution in [0, 0.1) is 41.5 Å². The summed E-state index contributed by atoms with van der Waals surface area (Å²) < 4.78 is -0.461. The third-order valence-electron chi connectivity index (χ3n) is 12.9. The lowest BCUT2D eigenvalue weighted by atomic mass is 10.0. The van der Waals surface area contributed by atoms with Gasteiger partial charge >= 0.3 is 0 Å². The normalized spacial score (nSPS) is 23.6. The van der Waals surface area contributed by atoms with Gasteiger partial charge in [0, 0.05) is 30.0 Å². The molecule has 50 heavy (non-hydrogen) atoms. The van der Waals surface area contributed by atoms with Gasteiger partial charge in [0.2, 0.25) is 0 Å². The zero-order valence-corrected chi connectivity index (χ0v) is 34.1. The number of nitrogens with zero attached hydrogens (tertiary/aromatic N) is 2. The first kappa shape index (κ1) is 36.2. The largest absolute Gasteiger partial charge is 0.325 e. The fraction of sp³-hybridized carbons (Fsp3) is 0.533. The van der Waals surface area contributed by atoms with Gasteiger partial charge in [0.05, 0.1) is 9.99 Å². The maximum absolute atomic E-state index is 8.90. The van der Waals surface area contributed by atoms with Gasteiger partial charge in [0.15, 0.2) is 0 Å². The molecular formula is C45H59Cl2N2P. The second kappa shape index (κ2) is 14.4. The molecule has 0 bridgehead atoms. The van der Waals surface area contributed by atoms with E-state index in [1.807, 2.05) is 0 Å². The predicted molar refractivity (Wildman–Crippen MR) is 223 cm³/mol. The Labute approximate surface area is 313 Å². The molecule has 4 fully saturated rings. The highest BCUT2D eigenvalue weighted by Crippen LogP contribution is 2.80. The average molecular weight is 730 g/mol. The SMILES string of the molecule is CC(Cc1ccccc1)=P(C1CCCC1)(C1CCCC1)C1(Cl)CCC(Cl)C1=C1N(c2c(C)cc(C)cc2C)CCN1c1c(C)cc(C)cc1C. The molecule has 0 aromatic heterocycles. The summed E-state index contributed by atoms with van der Waals surface area (Å²) in [6.45, 7) is 16.1. The van der Waals surface area contributed by atoms with Crippen LogP contribution >= 0.6 is 30.1 Å². The van der Waals surface area contributed by atoms with Crippen molar-refractivity contribution in [3.63, 3.8) is 0 Å². The molecule has 1 heterocycles. The summed E-state index contributed by atoms with van der Waals surface area (Å²) in [5.74, 6) is 1.30.